The smallest absolute Gasteiger partial charge is 0.223 e. The van der Waals surface area contributed by atoms with Gasteiger partial charge in [0.15, 0.2) is 0 Å². The summed E-state index contributed by atoms with van der Waals surface area (Å²) in [6.07, 6.45) is 6.86. The van der Waals surface area contributed by atoms with E-state index in [2.05, 4.69) is 20.2 Å². The molecule has 23 heavy (non-hydrogen) atoms. The van der Waals surface area contributed by atoms with E-state index in [4.69, 9.17) is 0 Å². The number of hydrogen-bond donors (Lipinski definition) is 1. The number of hydrogen-bond acceptors (Lipinski definition) is 4. The highest BCUT2D eigenvalue weighted by Gasteiger charge is 2.26. The second-order valence-corrected chi connectivity index (χ2v) is 5.97. The first-order valence-corrected chi connectivity index (χ1v) is 8.10. The van der Waals surface area contributed by atoms with Crippen molar-refractivity contribution in [2.45, 2.75) is 25.8 Å². The number of nitrogens with one attached hydrogen (secondary N) is 1. The maximum Gasteiger partial charge on any atom is 0.223 e. The largest absolute Gasteiger partial charge is 0.355 e. The minimum atomic E-state index is 0.0433. The zero-order valence-corrected chi connectivity index (χ0v) is 13.4. The fraction of sp³-hybridized carbons (Fsp3) is 0.389. The number of nitrogens with zero attached hydrogens (tertiary/aromatic N) is 3. The van der Waals surface area contributed by atoms with Gasteiger partial charge in [-0.2, -0.15) is 0 Å². The summed E-state index contributed by atoms with van der Waals surface area (Å²) < 4.78 is 0. The van der Waals surface area contributed by atoms with Crippen LogP contribution in [0, 0.1) is 5.92 Å². The summed E-state index contributed by atoms with van der Waals surface area (Å²) in [4.78, 5) is 23.1. The molecule has 1 atom stereocenters. The third-order valence-electron chi connectivity index (χ3n) is 4.40. The third-order valence-corrected chi connectivity index (χ3v) is 4.40. The fourth-order valence-corrected chi connectivity index (χ4v) is 2.98. The lowest BCUT2D eigenvalue weighted by Gasteiger charge is -2.32. The molecule has 0 bridgehead atoms. The molecule has 2 heterocycles. The topological polar surface area (TPSA) is 58.1 Å². The Morgan fingerprint density at radius 3 is 2.61 bits per heavy atom. The van der Waals surface area contributed by atoms with E-state index in [1.54, 1.807) is 18.6 Å². The van der Waals surface area contributed by atoms with E-state index in [1.165, 1.54) is 0 Å². The normalized spacial score (nSPS) is 16.8. The Morgan fingerprint density at radius 2 is 1.96 bits per heavy atom. The van der Waals surface area contributed by atoms with Crippen LogP contribution in [-0.2, 0) is 4.79 Å². The number of rotatable bonds is 4. The van der Waals surface area contributed by atoms with Crippen molar-refractivity contribution in [1.82, 2.24) is 15.3 Å². The minimum Gasteiger partial charge on any atom is -0.355 e. The van der Waals surface area contributed by atoms with Crippen molar-refractivity contribution in [3.05, 3.63) is 54.5 Å². The Balaban J connectivity index is 1.52. The molecule has 1 aromatic carbocycles. The molecule has 0 aliphatic carbocycles. The van der Waals surface area contributed by atoms with Crippen LogP contribution < -0.4 is 10.2 Å². The Labute approximate surface area is 136 Å². The van der Waals surface area contributed by atoms with Crippen LogP contribution in [0.2, 0.25) is 0 Å². The summed E-state index contributed by atoms with van der Waals surface area (Å²) in [5.41, 5.74) is 1.14. The quantitative estimate of drug-likeness (QED) is 0.943. The molecule has 1 aliphatic heterocycles. The predicted molar refractivity (Wildman–Crippen MR) is 90.0 cm³/mol. The van der Waals surface area contributed by atoms with Gasteiger partial charge in [-0.05, 0) is 25.3 Å². The summed E-state index contributed by atoms with van der Waals surface area (Å²) in [5.74, 6) is 1.12. The molecule has 0 unspecified atom stereocenters. The number of amides is 1. The van der Waals surface area contributed by atoms with Gasteiger partial charge in [-0.15, -0.1) is 0 Å². The molecule has 1 fully saturated rings. The SMILES string of the molecule is C[C@H](NC(=O)C1CCN(c2cnccn2)CC1)c1ccccc1. The molecule has 1 aromatic heterocycles. The zero-order chi connectivity index (χ0) is 16.1. The Kier molecular flexibility index (Phi) is 4.86. The number of benzene rings is 1. The molecule has 0 spiro atoms. The molecule has 1 amide bonds. The van der Waals surface area contributed by atoms with Crippen molar-refractivity contribution in [2.75, 3.05) is 18.0 Å². The summed E-state index contributed by atoms with van der Waals surface area (Å²) in [7, 11) is 0. The molecule has 5 heteroatoms. The van der Waals surface area contributed by atoms with Crippen LogP contribution in [0.1, 0.15) is 31.4 Å². The third kappa shape index (κ3) is 3.86. The Hall–Kier alpha value is -2.43. The molecular weight excluding hydrogens is 288 g/mol. The highest BCUT2D eigenvalue weighted by Crippen LogP contribution is 2.22. The number of anilines is 1. The standard InChI is InChI=1S/C18H22N4O/c1-14(15-5-3-2-4-6-15)21-18(23)16-7-11-22(12-8-16)17-13-19-9-10-20-17/h2-6,9-10,13-14,16H,7-8,11-12H2,1H3,(H,21,23)/t14-/m0/s1. The van der Waals surface area contributed by atoms with Gasteiger partial charge in [0.05, 0.1) is 12.2 Å². The van der Waals surface area contributed by atoms with E-state index < -0.39 is 0 Å². The van der Waals surface area contributed by atoms with Crippen LogP contribution in [0.3, 0.4) is 0 Å². The van der Waals surface area contributed by atoms with Crippen LogP contribution >= 0.6 is 0 Å². The van der Waals surface area contributed by atoms with Crippen molar-refractivity contribution in [2.24, 2.45) is 5.92 Å². The van der Waals surface area contributed by atoms with Gasteiger partial charge in [0, 0.05) is 31.4 Å². The van der Waals surface area contributed by atoms with Gasteiger partial charge in [0.25, 0.3) is 0 Å². The lowest BCUT2D eigenvalue weighted by molar-refractivity contribution is -0.126. The van der Waals surface area contributed by atoms with E-state index >= 15 is 0 Å². The molecule has 1 saturated heterocycles. The van der Waals surface area contributed by atoms with Gasteiger partial charge in [-0.1, -0.05) is 30.3 Å². The van der Waals surface area contributed by atoms with E-state index in [1.807, 2.05) is 37.3 Å². The van der Waals surface area contributed by atoms with E-state index in [0.717, 1.165) is 37.3 Å². The number of piperidine rings is 1. The number of aromatic nitrogens is 2. The predicted octanol–water partition coefficient (Wildman–Crippen LogP) is 2.57. The Morgan fingerprint density at radius 1 is 1.22 bits per heavy atom. The highest BCUT2D eigenvalue weighted by molar-refractivity contribution is 5.79. The van der Waals surface area contributed by atoms with Gasteiger partial charge in [0.1, 0.15) is 5.82 Å². The molecule has 0 radical (unpaired) electrons. The van der Waals surface area contributed by atoms with Crippen LogP contribution in [0.5, 0.6) is 0 Å². The van der Waals surface area contributed by atoms with Gasteiger partial charge in [0.2, 0.25) is 5.91 Å². The number of carbonyl (C=O) groups excluding carboxylic acids is 1. The monoisotopic (exact) mass is 310 g/mol. The van der Waals surface area contributed by atoms with Crippen molar-refractivity contribution < 1.29 is 4.79 Å². The molecule has 3 rings (SSSR count). The molecule has 1 N–H and O–H groups in total. The summed E-state index contributed by atoms with van der Waals surface area (Å²) in [6.45, 7) is 3.72. The van der Waals surface area contributed by atoms with Crippen molar-refractivity contribution >= 4 is 11.7 Å². The average molecular weight is 310 g/mol. The molecule has 2 aromatic rings. The molecule has 0 saturated carbocycles. The molecular formula is C18H22N4O. The maximum atomic E-state index is 12.5. The van der Waals surface area contributed by atoms with Crippen LogP contribution in [0.25, 0.3) is 0 Å². The average Bonchev–Trinajstić information content (AvgIpc) is 2.63. The first kappa shape index (κ1) is 15.5. The van der Waals surface area contributed by atoms with Crippen molar-refractivity contribution in [1.29, 1.82) is 0 Å². The zero-order valence-electron chi connectivity index (χ0n) is 13.4. The highest BCUT2D eigenvalue weighted by atomic mass is 16.1. The Bertz CT molecular complexity index is 624. The van der Waals surface area contributed by atoms with Crippen molar-refractivity contribution in [3.8, 4) is 0 Å². The molecule has 5 nitrogen and oxygen atoms in total. The lowest BCUT2D eigenvalue weighted by atomic mass is 9.95. The van der Waals surface area contributed by atoms with Gasteiger partial charge in [-0.25, -0.2) is 4.98 Å². The van der Waals surface area contributed by atoms with Gasteiger partial charge >= 0.3 is 0 Å². The van der Waals surface area contributed by atoms with Crippen LogP contribution in [0.15, 0.2) is 48.9 Å². The second-order valence-electron chi connectivity index (χ2n) is 5.97. The number of carbonyl (C=O) groups is 1. The second kappa shape index (κ2) is 7.22. The fourth-order valence-electron chi connectivity index (χ4n) is 2.98. The lowest BCUT2D eigenvalue weighted by Crippen LogP contribution is -2.41. The molecule has 1 aliphatic rings. The van der Waals surface area contributed by atoms with E-state index in [0.29, 0.717) is 0 Å². The summed E-state index contributed by atoms with van der Waals surface area (Å²) >= 11 is 0. The van der Waals surface area contributed by atoms with E-state index in [9.17, 15) is 4.79 Å². The first-order chi connectivity index (χ1) is 11.2. The summed E-state index contributed by atoms with van der Waals surface area (Å²) in [6, 6.07) is 10.1. The van der Waals surface area contributed by atoms with Gasteiger partial charge in [-0.3, -0.25) is 9.78 Å². The molecule has 120 valence electrons. The summed E-state index contributed by atoms with van der Waals surface area (Å²) in [5, 5.41) is 3.14. The van der Waals surface area contributed by atoms with E-state index in [-0.39, 0.29) is 17.9 Å². The maximum absolute atomic E-state index is 12.5. The first-order valence-electron chi connectivity index (χ1n) is 8.10. The minimum absolute atomic E-state index is 0.0433. The van der Waals surface area contributed by atoms with Crippen LogP contribution in [-0.4, -0.2) is 29.0 Å². The van der Waals surface area contributed by atoms with Crippen molar-refractivity contribution in [3.63, 3.8) is 0 Å². The van der Waals surface area contributed by atoms with Gasteiger partial charge < -0.3 is 10.2 Å². The van der Waals surface area contributed by atoms with Crippen LogP contribution in [0.4, 0.5) is 5.82 Å².